The Labute approximate surface area is 174 Å². The van der Waals surface area contributed by atoms with Crippen molar-refractivity contribution >= 4 is 23.4 Å². The number of aliphatic hydroxyl groups is 1. The summed E-state index contributed by atoms with van der Waals surface area (Å²) in [5, 5.41) is 22.0. The number of ether oxygens (including phenoxy) is 2. The molecule has 9 nitrogen and oxygen atoms in total. The van der Waals surface area contributed by atoms with Crippen molar-refractivity contribution < 1.29 is 33.9 Å². The van der Waals surface area contributed by atoms with Crippen molar-refractivity contribution in [3.8, 4) is 0 Å². The van der Waals surface area contributed by atoms with Gasteiger partial charge < -0.3 is 14.6 Å². The van der Waals surface area contributed by atoms with Gasteiger partial charge in [-0.3, -0.25) is 24.5 Å². The van der Waals surface area contributed by atoms with E-state index in [2.05, 4.69) is 0 Å². The number of rotatable bonds is 6. The quantitative estimate of drug-likeness (QED) is 0.321. The van der Waals surface area contributed by atoms with Crippen LogP contribution in [0.5, 0.6) is 0 Å². The van der Waals surface area contributed by atoms with Gasteiger partial charge in [0.15, 0.2) is 5.78 Å². The average molecular weight is 421 g/mol. The smallest absolute Gasteiger partial charge is 0.317 e. The number of nitro benzene ring substituents is 1. The van der Waals surface area contributed by atoms with Crippen LogP contribution in [0.2, 0.25) is 0 Å². The summed E-state index contributed by atoms with van der Waals surface area (Å²) in [5.41, 5.74) is -1.63. The van der Waals surface area contributed by atoms with Crippen LogP contribution >= 0.6 is 0 Å². The Bertz CT molecular complexity index is 820. The highest BCUT2D eigenvalue weighted by Crippen LogP contribution is 2.47. The van der Waals surface area contributed by atoms with Gasteiger partial charge in [-0.25, -0.2) is 0 Å². The lowest BCUT2D eigenvalue weighted by molar-refractivity contribution is -0.384. The highest BCUT2D eigenvalue weighted by molar-refractivity contribution is 6.02. The standard InChI is InChI=1S/C21H27NO8/c1-11(2)29-19(24)17-15(23)10-21(5,26)18(20(25)30-12(3)4)16(17)13-6-8-14(9-7-13)22(27)28/h6-9,11-12,16-18,26H,10H2,1-5H3/t16-,17-,18+,21-/m1/s1. The highest BCUT2D eigenvalue weighted by Gasteiger charge is 2.57. The van der Waals surface area contributed by atoms with E-state index in [0.29, 0.717) is 5.56 Å². The number of carbonyl (C=O) groups excluding carboxylic acids is 3. The van der Waals surface area contributed by atoms with Gasteiger partial charge in [0.1, 0.15) is 5.92 Å². The maximum atomic E-state index is 12.9. The SMILES string of the molecule is CC(C)OC(=O)[C@@H]1C(=O)C[C@@](C)(O)[C@H](C(=O)OC(C)C)[C@@H]1c1ccc([N+](=O)[O-])cc1. The first-order chi connectivity index (χ1) is 13.8. The lowest BCUT2D eigenvalue weighted by Crippen LogP contribution is -2.55. The Balaban J connectivity index is 2.62. The number of hydrogen-bond donors (Lipinski definition) is 1. The topological polar surface area (TPSA) is 133 Å². The lowest BCUT2D eigenvalue weighted by Gasteiger charge is -2.44. The number of nitrogens with zero attached hydrogens (tertiary/aromatic N) is 1. The minimum Gasteiger partial charge on any atom is -0.463 e. The molecule has 1 aliphatic rings. The molecule has 0 saturated heterocycles. The number of nitro groups is 1. The van der Waals surface area contributed by atoms with Crippen molar-refractivity contribution in [1.29, 1.82) is 0 Å². The van der Waals surface area contributed by atoms with Gasteiger partial charge in [-0.05, 0) is 40.2 Å². The van der Waals surface area contributed by atoms with Gasteiger partial charge in [0.2, 0.25) is 0 Å². The Hall–Kier alpha value is -2.81. The predicted molar refractivity (Wildman–Crippen MR) is 106 cm³/mol. The van der Waals surface area contributed by atoms with E-state index >= 15 is 0 Å². The fourth-order valence-corrected chi connectivity index (χ4v) is 3.85. The summed E-state index contributed by atoms with van der Waals surface area (Å²) in [5.74, 6) is -5.82. The Morgan fingerprint density at radius 2 is 1.60 bits per heavy atom. The lowest BCUT2D eigenvalue weighted by atomic mass is 9.61. The Morgan fingerprint density at radius 1 is 1.10 bits per heavy atom. The van der Waals surface area contributed by atoms with Crippen LogP contribution in [-0.2, 0) is 23.9 Å². The molecule has 0 amide bonds. The molecule has 1 fully saturated rings. The van der Waals surface area contributed by atoms with Crippen LogP contribution < -0.4 is 0 Å². The molecule has 1 aromatic carbocycles. The fraction of sp³-hybridized carbons (Fsp3) is 0.571. The van der Waals surface area contributed by atoms with Crippen LogP contribution in [0, 0.1) is 22.0 Å². The van der Waals surface area contributed by atoms with Crippen LogP contribution in [0.4, 0.5) is 5.69 Å². The number of hydrogen-bond acceptors (Lipinski definition) is 8. The van der Waals surface area contributed by atoms with E-state index < -0.39 is 64.6 Å². The van der Waals surface area contributed by atoms with Gasteiger partial charge in [-0.1, -0.05) is 12.1 Å². The summed E-state index contributed by atoms with van der Waals surface area (Å²) < 4.78 is 10.6. The largest absolute Gasteiger partial charge is 0.463 e. The van der Waals surface area contributed by atoms with Crippen LogP contribution in [0.1, 0.15) is 52.5 Å². The predicted octanol–water partition coefficient (Wildman–Crippen LogP) is 2.54. The molecular formula is C21H27NO8. The van der Waals surface area contributed by atoms with Crippen LogP contribution in [0.15, 0.2) is 24.3 Å². The van der Waals surface area contributed by atoms with Crippen molar-refractivity contribution in [1.82, 2.24) is 0 Å². The third-order valence-electron chi connectivity index (χ3n) is 4.97. The Kier molecular flexibility index (Phi) is 6.97. The molecule has 9 heteroatoms. The van der Waals surface area contributed by atoms with Gasteiger partial charge in [0.25, 0.3) is 5.69 Å². The molecule has 0 bridgehead atoms. The van der Waals surface area contributed by atoms with E-state index in [1.165, 1.54) is 31.2 Å². The molecule has 0 radical (unpaired) electrons. The van der Waals surface area contributed by atoms with Crippen LogP contribution in [0.25, 0.3) is 0 Å². The molecule has 0 aliphatic heterocycles. The molecule has 30 heavy (non-hydrogen) atoms. The average Bonchev–Trinajstić information content (AvgIpc) is 2.58. The van der Waals surface area contributed by atoms with E-state index in [0.717, 1.165) is 0 Å². The summed E-state index contributed by atoms with van der Waals surface area (Å²) in [4.78, 5) is 49.0. The van der Waals surface area contributed by atoms with Crippen molar-refractivity contribution in [2.45, 2.75) is 64.8 Å². The van der Waals surface area contributed by atoms with Crippen molar-refractivity contribution in [3.63, 3.8) is 0 Å². The molecule has 1 aromatic rings. The zero-order valence-corrected chi connectivity index (χ0v) is 17.7. The summed E-state index contributed by atoms with van der Waals surface area (Å²) >= 11 is 0. The molecule has 4 atom stereocenters. The monoisotopic (exact) mass is 421 g/mol. The molecule has 1 saturated carbocycles. The minimum atomic E-state index is -1.77. The second kappa shape index (κ2) is 8.91. The van der Waals surface area contributed by atoms with Gasteiger partial charge in [-0.2, -0.15) is 0 Å². The highest BCUT2D eigenvalue weighted by atomic mass is 16.6. The summed E-state index contributed by atoms with van der Waals surface area (Å²) in [6.07, 6.45) is -1.40. The number of benzene rings is 1. The van der Waals surface area contributed by atoms with Crippen molar-refractivity contribution in [2.24, 2.45) is 11.8 Å². The van der Waals surface area contributed by atoms with E-state index in [1.54, 1.807) is 27.7 Å². The molecule has 1 N–H and O–H groups in total. The zero-order valence-electron chi connectivity index (χ0n) is 17.7. The summed E-state index contributed by atoms with van der Waals surface area (Å²) in [6.45, 7) is 7.90. The molecule has 0 heterocycles. The molecule has 2 rings (SSSR count). The van der Waals surface area contributed by atoms with Crippen LogP contribution in [0.3, 0.4) is 0 Å². The normalized spacial score (nSPS) is 26.5. The van der Waals surface area contributed by atoms with Gasteiger partial charge >= 0.3 is 11.9 Å². The third-order valence-corrected chi connectivity index (χ3v) is 4.97. The number of non-ortho nitro benzene ring substituents is 1. The van der Waals surface area contributed by atoms with Crippen molar-refractivity contribution in [3.05, 3.63) is 39.9 Å². The third kappa shape index (κ3) is 5.02. The van der Waals surface area contributed by atoms with Crippen LogP contribution in [-0.4, -0.2) is 45.6 Å². The molecular weight excluding hydrogens is 394 g/mol. The maximum Gasteiger partial charge on any atom is 0.317 e. The molecule has 164 valence electrons. The Morgan fingerprint density at radius 3 is 2.07 bits per heavy atom. The first-order valence-corrected chi connectivity index (χ1v) is 9.75. The van der Waals surface area contributed by atoms with E-state index in [4.69, 9.17) is 9.47 Å². The molecule has 1 aliphatic carbocycles. The van der Waals surface area contributed by atoms with Gasteiger partial charge in [0, 0.05) is 24.5 Å². The van der Waals surface area contributed by atoms with E-state index in [-0.39, 0.29) is 5.69 Å². The number of esters is 2. The van der Waals surface area contributed by atoms with E-state index in [1.807, 2.05) is 0 Å². The molecule has 0 spiro atoms. The number of carbonyl (C=O) groups is 3. The second-order valence-electron chi connectivity index (χ2n) is 8.30. The molecule has 0 unspecified atom stereocenters. The fourth-order valence-electron chi connectivity index (χ4n) is 3.85. The minimum absolute atomic E-state index is 0.185. The number of ketones is 1. The zero-order chi connectivity index (χ0) is 22.8. The van der Waals surface area contributed by atoms with Gasteiger partial charge in [0.05, 0.1) is 28.7 Å². The van der Waals surface area contributed by atoms with Crippen molar-refractivity contribution in [2.75, 3.05) is 0 Å². The summed E-state index contributed by atoms with van der Waals surface area (Å²) in [7, 11) is 0. The first-order valence-electron chi connectivity index (χ1n) is 9.75. The van der Waals surface area contributed by atoms with Gasteiger partial charge in [-0.15, -0.1) is 0 Å². The second-order valence-corrected chi connectivity index (χ2v) is 8.30. The molecule has 0 aromatic heterocycles. The first kappa shape index (κ1) is 23.5. The summed E-state index contributed by atoms with van der Waals surface area (Å²) in [6, 6.07) is 5.20. The van der Waals surface area contributed by atoms with E-state index in [9.17, 15) is 29.6 Å². The maximum absolute atomic E-state index is 12.9. The number of Topliss-reactive ketones (excluding diaryl/α,β-unsaturated/α-hetero) is 1.